The fraction of sp³-hybridized carbons (Fsp3) is 0.0909. The number of carbonyl (C=O) groups excluding carboxylic acids is 1. The first-order valence-electron chi connectivity index (χ1n) is 5.48. The molecule has 0 spiro atoms. The molecular weight excluding hydrogens is 314 g/mol. The number of anilines is 1. The highest BCUT2D eigenvalue weighted by Crippen LogP contribution is 2.36. The van der Waals surface area contributed by atoms with E-state index in [0.717, 1.165) is 4.47 Å². The molecule has 7 nitrogen and oxygen atoms in total. The van der Waals surface area contributed by atoms with Gasteiger partial charge < -0.3 is 26.1 Å². The number of aromatic hydroxyl groups is 1. The van der Waals surface area contributed by atoms with E-state index in [-0.39, 0.29) is 17.7 Å². The predicted octanol–water partition coefficient (Wildman–Crippen LogP) is 0.963. The number of halogens is 1. The highest BCUT2D eigenvalue weighted by molar-refractivity contribution is 9.10. The van der Waals surface area contributed by atoms with E-state index >= 15 is 0 Å². The first-order chi connectivity index (χ1) is 9.08. The molecule has 0 saturated heterocycles. The second-order valence-electron chi connectivity index (χ2n) is 4.04. The first-order valence-corrected chi connectivity index (χ1v) is 6.27. The lowest BCUT2D eigenvalue weighted by molar-refractivity contribution is 0.0954. The molecule has 0 bridgehead atoms. The van der Waals surface area contributed by atoms with Gasteiger partial charge in [-0.1, -0.05) is 6.08 Å². The maximum atomic E-state index is 11.9. The van der Waals surface area contributed by atoms with Gasteiger partial charge in [0.15, 0.2) is 0 Å². The van der Waals surface area contributed by atoms with Crippen LogP contribution in [0.15, 0.2) is 16.7 Å². The molecule has 8 heteroatoms. The van der Waals surface area contributed by atoms with Gasteiger partial charge in [0.05, 0.1) is 0 Å². The minimum absolute atomic E-state index is 0.116. The predicted molar refractivity (Wildman–Crippen MR) is 72.6 cm³/mol. The van der Waals surface area contributed by atoms with Crippen molar-refractivity contribution in [2.45, 2.75) is 0 Å². The quantitative estimate of drug-likeness (QED) is 0.537. The zero-order valence-electron chi connectivity index (χ0n) is 9.62. The third-order valence-corrected chi connectivity index (χ3v) is 3.50. The largest absolute Gasteiger partial charge is 0.492 e. The van der Waals surface area contributed by atoms with Crippen LogP contribution in [-0.4, -0.2) is 32.5 Å². The van der Waals surface area contributed by atoms with Crippen LogP contribution in [0, 0.1) is 0 Å². The van der Waals surface area contributed by atoms with Crippen molar-refractivity contribution in [1.29, 1.82) is 0 Å². The topological polar surface area (TPSA) is 120 Å². The summed E-state index contributed by atoms with van der Waals surface area (Å²) < 4.78 is 0.721. The Morgan fingerprint density at radius 3 is 2.89 bits per heavy atom. The van der Waals surface area contributed by atoms with E-state index in [0.29, 0.717) is 29.1 Å². The van der Waals surface area contributed by atoms with Crippen molar-refractivity contribution in [3.8, 4) is 5.88 Å². The molecule has 0 radical (unpaired) electrons. The number of hydrogen-bond donors (Lipinski definition) is 5. The van der Waals surface area contributed by atoms with Crippen molar-refractivity contribution in [3.05, 3.63) is 33.7 Å². The van der Waals surface area contributed by atoms with Gasteiger partial charge in [0, 0.05) is 28.4 Å². The average molecular weight is 324 g/mol. The summed E-state index contributed by atoms with van der Waals surface area (Å²) in [5, 5.41) is 12.5. The van der Waals surface area contributed by atoms with Crippen LogP contribution in [0.3, 0.4) is 0 Å². The zero-order chi connectivity index (χ0) is 13.6. The van der Waals surface area contributed by atoms with Gasteiger partial charge in [0.2, 0.25) is 11.8 Å². The molecule has 1 aliphatic rings. The first kappa shape index (κ1) is 11.8. The smallest absolute Gasteiger partial charge is 0.268 e. The maximum Gasteiger partial charge on any atom is 0.268 e. The van der Waals surface area contributed by atoms with Crippen molar-refractivity contribution >= 4 is 33.4 Å². The summed E-state index contributed by atoms with van der Waals surface area (Å²) in [4.78, 5) is 21.3. The monoisotopic (exact) mass is 323 g/mol. The lowest BCUT2D eigenvalue weighted by Crippen LogP contribution is -2.22. The number of fused-ring (bicyclic) bond motifs is 1. The minimum atomic E-state index is -0.209. The number of aromatic amines is 2. The van der Waals surface area contributed by atoms with Crippen LogP contribution < -0.4 is 11.1 Å². The number of nitrogens with one attached hydrogen (secondary N) is 3. The van der Waals surface area contributed by atoms with Crippen molar-refractivity contribution in [2.24, 2.45) is 0 Å². The molecule has 0 aromatic carbocycles. The van der Waals surface area contributed by atoms with Gasteiger partial charge in [-0.3, -0.25) is 4.79 Å². The number of nitrogens with two attached hydrogens (primary N) is 1. The number of aromatic nitrogens is 3. The van der Waals surface area contributed by atoms with Crippen LogP contribution in [0.1, 0.15) is 21.7 Å². The Labute approximate surface area is 116 Å². The minimum Gasteiger partial charge on any atom is -0.492 e. The van der Waals surface area contributed by atoms with Crippen molar-refractivity contribution in [2.75, 3.05) is 12.3 Å². The van der Waals surface area contributed by atoms with Crippen LogP contribution in [0.2, 0.25) is 0 Å². The maximum absolute atomic E-state index is 11.9. The Hall–Kier alpha value is -2.22. The second kappa shape index (κ2) is 4.16. The summed E-state index contributed by atoms with van der Waals surface area (Å²) in [7, 11) is 0. The standard InChI is InChI=1S/C11H10BrN5O2/c12-5-3-15-8-6(5)4(1-2-14-9(8)18)7-10(19)17-11(13)16-7/h1,3,15,19H,2H2,(H,14,18)(H3,13,16,17). The number of imidazole rings is 1. The van der Waals surface area contributed by atoms with Crippen LogP contribution in [0.25, 0.3) is 5.57 Å². The van der Waals surface area contributed by atoms with Gasteiger partial charge in [-0.15, -0.1) is 0 Å². The molecular formula is C11H10BrN5O2. The summed E-state index contributed by atoms with van der Waals surface area (Å²) in [6.45, 7) is 0.349. The van der Waals surface area contributed by atoms with Crippen LogP contribution in [0.4, 0.5) is 5.95 Å². The van der Waals surface area contributed by atoms with Gasteiger partial charge >= 0.3 is 0 Å². The lowest BCUT2D eigenvalue weighted by Gasteiger charge is -2.04. The lowest BCUT2D eigenvalue weighted by atomic mass is 10.0. The molecule has 0 aliphatic carbocycles. The molecule has 1 aliphatic heterocycles. The SMILES string of the molecule is Nc1nc(O)c(C2=CCNC(=O)c3[nH]cc(Br)c32)[nH]1. The van der Waals surface area contributed by atoms with Crippen molar-refractivity contribution < 1.29 is 9.90 Å². The number of hydrogen-bond acceptors (Lipinski definition) is 4. The van der Waals surface area contributed by atoms with Crippen molar-refractivity contribution in [3.63, 3.8) is 0 Å². The van der Waals surface area contributed by atoms with Crippen molar-refractivity contribution in [1.82, 2.24) is 20.3 Å². The third-order valence-electron chi connectivity index (χ3n) is 2.87. The van der Waals surface area contributed by atoms with E-state index < -0.39 is 0 Å². The Kier molecular flexibility index (Phi) is 2.59. The Morgan fingerprint density at radius 2 is 2.21 bits per heavy atom. The van der Waals surface area contributed by atoms with Crippen LogP contribution in [-0.2, 0) is 0 Å². The fourth-order valence-electron chi connectivity index (χ4n) is 2.07. The van der Waals surface area contributed by atoms with E-state index in [1.165, 1.54) is 0 Å². The molecule has 3 heterocycles. The summed E-state index contributed by atoms with van der Waals surface area (Å²) >= 11 is 3.38. The molecule has 98 valence electrons. The number of nitrogen functional groups attached to an aromatic ring is 1. The molecule has 2 aromatic heterocycles. The summed E-state index contributed by atoms with van der Waals surface area (Å²) in [6, 6.07) is 0. The molecule has 0 fully saturated rings. The summed E-state index contributed by atoms with van der Waals surface area (Å²) in [5.74, 6) is -0.291. The highest BCUT2D eigenvalue weighted by Gasteiger charge is 2.25. The number of rotatable bonds is 1. The Bertz CT molecular complexity index is 700. The van der Waals surface area contributed by atoms with Crippen LogP contribution in [0.5, 0.6) is 5.88 Å². The third kappa shape index (κ3) is 1.80. The van der Waals surface area contributed by atoms with Gasteiger partial charge in [0.25, 0.3) is 5.91 Å². The zero-order valence-corrected chi connectivity index (χ0v) is 11.2. The van der Waals surface area contributed by atoms with E-state index in [1.54, 1.807) is 12.3 Å². The van der Waals surface area contributed by atoms with Gasteiger partial charge in [-0.05, 0) is 15.9 Å². The Balaban J connectivity index is 2.24. The number of nitrogens with zero attached hydrogens (tertiary/aromatic N) is 1. The Morgan fingerprint density at radius 1 is 1.42 bits per heavy atom. The van der Waals surface area contributed by atoms with Gasteiger partial charge in [-0.2, -0.15) is 4.98 Å². The molecule has 0 atom stereocenters. The molecule has 6 N–H and O–H groups in total. The number of carbonyl (C=O) groups is 1. The average Bonchev–Trinajstić information content (AvgIpc) is 2.83. The number of amides is 1. The second-order valence-corrected chi connectivity index (χ2v) is 4.89. The molecule has 0 saturated carbocycles. The van der Waals surface area contributed by atoms with Crippen LogP contribution >= 0.6 is 15.9 Å². The van der Waals surface area contributed by atoms with E-state index in [2.05, 4.69) is 36.2 Å². The molecule has 19 heavy (non-hydrogen) atoms. The summed E-state index contributed by atoms with van der Waals surface area (Å²) in [5.41, 5.74) is 7.65. The highest BCUT2D eigenvalue weighted by atomic mass is 79.9. The summed E-state index contributed by atoms with van der Waals surface area (Å²) in [6.07, 6.45) is 3.45. The molecule has 1 amide bonds. The molecule has 3 rings (SSSR count). The van der Waals surface area contributed by atoms with Gasteiger partial charge in [0.1, 0.15) is 11.4 Å². The number of H-pyrrole nitrogens is 2. The molecule has 0 unspecified atom stereocenters. The van der Waals surface area contributed by atoms with E-state index in [1.807, 2.05) is 0 Å². The van der Waals surface area contributed by atoms with E-state index in [4.69, 9.17) is 5.73 Å². The fourth-order valence-corrected chi connectivity index (χ4v) is 2.60. The normalized spacial score (nSPS) is 14.6. The van der Waals surface area contributed by atoms with E-state index in [9.17, 15) is 9.90 Å². The molecule has 2 aromatic rings. The van der Waals surface area contributed by atoms with Gasteiger partial charge in [-0.25, -0.2) is 0 Å².